The lowest BCUT2D eigenvalue weighted by Gasteiger charge is -2.09. The van der Waals surface area contributed by atoms with E-state index >= 15 is 0 Å². The molecule has 20 heavy (non-hydrogen) atoms. The standard InChI is InChI=1S/C18H21NO/c1-20-18-5-3-2-4-17(18)13-19-12-14-6-8-15(9-7-14)16-10-11-16/h2-9,16,19H,10-13H2,1H3. The van der Waals surface area contributed by atoms with Crippen LogP contribution in [0, 0.1) is 0 Å². The molecule has 1 fully saturated rings. The molecule has 2 nitrogen and oxygen atoms in total. The largest absolute Gasteiger partial charge is 0.496 e. The highest BCUT2D eigenvalue weighted by Crippen LogP contribution is 2.39. The van der Waals surface area contributed by atoms with Crippen molar-refractivity contribution in [1.29, 1.82) is 0 Å². The van der Waals surface area contributed by atoms with Crippen LogP contribution in [0.25, 0.3) is 0 Å². The number of para-hydroxylation sites is 1. The maximum Gasteiger partial charge on any atom is 0.123 e. The molecular weight excluding hydrogens is 246 g/mol. The molecule has 3 rings (SSSR count). The third-order valence-electron chi connectivity index (χ3n) is 3.87. The van der Waals surface area contributed by atoms with Gasteiger partial charge in [0.05, 0.1) is 7.11 Å². The van der Waals surface area contributed by atoms with E-state index in [1.165, 1.54) is 29.5 Å². The van der Waals surface area contributed by atoms with E-state index < -0.39 is 0 Å². The minimum atomic E-state index is 0.828. The summed E-state index contributed by atoms with van der Waals surface area (Å²) in [6.45, 7) is 1.72. The molecule has 1 aliphatic carbocycles. The monoisotopic (exact) mass is 267 g/mol. The second-order valence-electron chi connectivity index (χ2n) is 5.43. The molecule has 0 bridgehead atoms. The SMILES string of the molecule is COc1ccccc1CNCc1ccc(C2CC2)cc1. The van der Waals surface area contributed by atoms with Crippen molar-refractivity contribution in [3.8, 4) is 5.75 Å². The van der Waals surface area contributed by atoms with Crippen molar-refractivity contribution < 1.29 is 4.74 Å². The fraction of sp³-hybridized carbons (Fsp3) is 0.333. The first-order valence-corrected chi connectivity index (χ1v) is 7.28. The third kappa shape index (κ3) is 3.20. The minimum absolute atomic E-state index is 0.828. The lowest BCUT2D eigenvalue weighted by atomic mass is 10.1. The van der Waals surface area contributed by atoms with Crippen molar-refractivity contribution in [2.75, 3.05) is 7.11 Å². The van der Waals surface area contributed by atoms with Crippen LogP contribution in [0.1, 0.15) is 35.4 Å². The van der Waals surface area contributed by atoms with Crippen molar-refractivity contribution in [2.45, 2.75) is 31.8 Å². The third-order valence-corrected chi connectivity index (χ3v) is 3.87. The predicted molar refractivity (Wildman–Crippen MR) is 82.0 cm³/mol. The van der Waals surface area contributed by atoms with Crippen molar-refractivity contribution in [3.05, 3.63) is 65.2 Å². The number of ether oxygens (including phenoxy) is 1. The highest BCUT2D eigenvalue weighted by atomic mass is 16.5. The van der Waals surface area contributed by atoms with Gasteiger partial charge >= 0.3 is 0 Å². The van der Waals surface area contributed by atoms with Crippen LogP contribution in [-0.2, 0) is 13.1 Å². The molecule has 2 aromatic rings. The molecule has 0 aliphatic heterocycles. The zero-order valence-corrected chi connectivity index (χ0v) is 11.9. The maximum absolute atomic E-state index is 5.36. The molecule has 0 spiro atoms. The fourth-order valence-electron chi connectivity index (χ4n) is 2.51. The van der Waals surface area contributed by atoms with Gasteiger partial charge in [-0.2, -0.15) is 0 Å². The van der Waals surface area contributed by atoms with Crippen molar-refractivity contribution >= 4 is 0 Å². The van der Waals surface area contributed by atoms with Gasteiger partial charge in [0.1, 0.15) is 5.75 Å². The lowest BCUT2D eigenvalue weighted by molar-refractivity contribution is 0.407. The van der Waals surface area contributed by atoms with Crippen LogP contribution in [0.4, 0.5) is 0 Å². The van der Waals surface area contributed by atoms with Crippen LogP contribution in [0.3, 0.4) is 0 Å². The first-order valence-electron chi connectivity index (χ1n) is 7.28. The minimum Gasteiger partial charge on any atom is -0.496 e. The van der Waals surface area contributed by atoms with Crippen LogP contribution >= 0.6 is 0 Å². The Morgan fingerprint density at radius 2 is 1.75 bits per heavy atom. The molecule has 2 aromatic carbocycles. The Morgan fingerprint density at radius 1 is 1.00 bits per heavy atom. The van der Waals surface area contributed by atoms with Crippen LogP contribution in [0.15, 0.2) is 48.5 Å². The van der Waals surface area contributed by atoms with Gasteiger partial charge in [-0.25, -0.2) is 0 Å². The number of hydrogen-bond donors (Lipinski definition) is 1. The first-order chi connectivity index (χ1) is 9.86. The summed E-state index contributed by atoms with van der Waals surface area (Å²) in [6, 6.07) is 17.2. The number of hydrogen-bond acceptors (Lipinski definition) is 2. The summed E-state index contributed by atoms with van der Waals surface area (Å²) in [5.41, 5.74) is 4.03. The van der Waals surface area contributed by atoms with Gasteiger partial charge < -0.3 is 10.1 Å². The molecule has 0 heterocycles. The maximum atomic E-state index is 5.36. The summed E-state index contributed by atoms with van der Waals surface area (Å²) in [7, 11) is 1.72. The molecule has 0 unspecified atom stereocenters. The van der Waals surface area contributed by atoms with E-state index in [-0.39, 0.29) is 0 Å². The van der Waals surface area contributed by atoms with Gasteiger partial charge in [0.15, 0.2) is 0 Å². The summed E-state index contributed by atoms with van der Waals surface area (Å²) >= 11 is 0. The summed E-state index contributed by atoms with van der Waals surface area (Å²) in [5, 5.41) is 3.48. The highest BCUT2D eigenvalue weighted by Gasteiger charge is 2.22. The summed E-state index contributed by atoms with van der Waals surface area (Å²) in [6.07, 6.45) is 2.73. The van der Waals surface area contributed by atoms with Crippen LogP contribution in [-0.4, -0.2) is 7.11 Å². The fourth-order valence-corrected chi connectivity index (χ4v) is 2.51. The Morgan fingerprint density at radius 3 is 2.45 bits per heavy atom. The van der Waals surface area contributed by atoms with Gasteiger partial charge in [0.25, 0.3) is 0 Å². The van der Waals surface area contributed by atoms with Crippen LogP contribution in [0.5, 0.6) is 5.75 Å². The molecule has 104 valence electrons. The quantitative estimate of drug-likeness (QED) is 0.858. The molecule has 0 amide bonds. The number of rotatable bonds is 6. The summed E-state index contributed by atoms with van der Waals surface area (Å²) in [5.74, 6) is 1.79. The van der Waals surface area contributed by atoms with E-state index in [1.807, 2.05) is 18.2 Å². The molecule has 0 aromatic heterocycles. The highest BCUT2D eigenvalue weighted by molar-refractivity contribution is 5.33. The van der Waals surface area contributed by atoms with Crippen LogP contribution in [0.2, 0.25) is 0 Å². The molecule has 0 atom stereocenters. The van der Waals surface area contributed by atoms with E-state index in [2.05, 4.69) is 35.6 Å². The average molecular weight is 267 g/mol. The van der Waals surface area contributed by atoms with E-state index in [1.54, 1.807) is 7.11 Å². The second-order valence-corrected chi connectivity index (χ2v) is 5.43. The Labute approximate surface area is 120 Å². The van der Waals surface area contributed by atoms with E-state index in [4.69, 9.17) is 4.74 Å². The van der Waals surface area contributed by atoms with E-state index in [9.17, 15) is 0 Å². The second kappa shape index (κ2) is 6.10. The van der Waals surface area contributed by atoms with Gasteiger partial charge in [-0.3, -0.25) is 0 Å². The van der Waals surface area contributed by atoms with Gasteiger partial charge in [-0.1, -0.05) is 42.5 Å². The van der Waals surface area contributed by atoms with Gasteiger partial charge in [0.2, 0.25) is 0 Å². The number of benzene rings is 2. The molecule has 1 aliphatic rings. The Hall–Kier alpha value is -1.80. The van der Waals surface area contributed by atoms with E-state index in [0.29, 0.717) is 0 Å². The van der Waals surface area contributed by atoms with Gasteiger partial charge in [-0.05, 0) is 36.0 Å². The molecule has 1 saturated carbocycles. The van der Waals surface area contributed by atoms with Gasteiger partial charge in [0, 0.05) is 18.7 Å². The van der Waals surface area contributed by atoms with Gasteiger partial charge in [-0.15, -0.1) is 0 Å². The Balaban J connectivity index is 1.54. The average Bonchev–Trinajstić information content (AvgIpc) is 3.33. The lowest BCUT2D eigenvalue weighted by Crippen LogP contribution is -2.13. The molecule has 0 saturated heterocycles. The Kier molecular flexibility index (Phi) is 4.03. The zero-order chi connectivity index (χ0) is 13.8. The van der Waals surface area contributed by atoms with Crippen molar-refractivity contribution in [3.63, 3.8) is 0 Å². The Bertz CT molecular complexity index is 558. The number of nitrogens with one attached hydrogen (secondary N) is 1. The predicted octanol–water partition coefficient (Wildman–Crippen LogP) is 3.86. The topological polar surface area (TPSA) is 21.3 Å². The summed E-state index contributed by atoms with van der Waals surface area (Å²) in [4.78, 5) is 0. The summed E-state index contributed by atoms with van der Waals surface area (Å²) < 4.78 is 5.36. The zero-order valence-electron chi connectivity index (χ0n) is 11.9. The molecular formula is C18H21NO. The van der Waals surface area contributed by atoms with E-state index in [0.717, 1.165) is 24.8 Å². The molecule has 2 heteroatoms. The van der Waals surface area contributed by atoms with Crippen LogP contribution < -0.4 is 10.1 Å². The first kappa shape index (κ1) is 13.2. The molecule has 0 radical (unpaired) electrons. The van der Waals surface area contributed by atoms with Crippen molar-refractivity contribution in [1.82, 2.24) is 5.32 Å². The number of methoxy groups -OCH3 is 1. The normalized spacial score (nSPS) is 14.2. The van der Waals surface area contributed by atoms with Crippen molar-refractivity contribution in [2.24, 2.45) is 0 Å². The smallest absolute Gasteiger partial charge is 0.123 e. The molecule has 1 N–H and O–H groups in total.